The molecule has 0 unspecified atom stereocenters. The minimum Gasteiger partial charge on any atom is -0.497 e. The zero-order valence-electron chi connectivity index (χ0n) is 11.9. The van der Waals surface area contributed by atoms with Crippen LogP contribution in [0.2, 0.25) is 0 Å². The first-order valence-electron chi connectivity index (χ1n) is 6.49. The lowest BCUT2D eigenvalue weighted by molar-refractivity contribution is -0.136. The van der Waals surface area contributed by atoms with Crippen LogP contribution in [-0.4, -0.2) is 44.1 Å². The number of carbonyl (C=O) groups excluding carboxylic acids is 2. The van der Waals surface area contributed by atoms with E-state index in [1.165, 1.54) is 0 Å². The fourth-order valence-electron chi connectivity index (χ4n) is 2.12. The quantitative estimate of drug-likeness (QED) is 0.596. The second kappa shape index (κ2) is 6.74. The summed E-state index contributed by atoms with van der Waals surface area (Å²) in [4.78, 5) is 25.6. The van der Waals surface area contributed by atoms with Crippen molar-refractivity contribution in [2.24, 2.45) is 0 Å². The number of amides is 2. The average molecular weight is 310 g/mol. The Balaban J connectivity index is 2.22. The van der Waals surface area contributed by atoms with Crippen molar-refractivity contribution in [3.8, 4) is 5.75 Å². The highest BCUT2D eigenvalue weighted by Gasteiger charge is 2.37. The second-order valence-electron chi connectivity index (χ2n) is 4.53. The van der Waals surface area contributed by atoms with Crippen LogP contribution in [-0.2, 0) is 14.3 Å². The van der Waals surface area contributed by atoms with Gasteiger partial charge in [-0.15, -0.1) is 0 Å². The van der Waals surface area contributed by atoms with Gasteiger partial charge in [0, 0.05) is 20.3 Å². The minimum atomic E-state index is -0.455. The highest BCUT2D eigenvalue weighted by molar-refractivity contribution is 6.55. The molecule has 0 bridgehead atoms. The van der Waals surface area contributed by atoms with Crippen molar-refractivity contribution in [2.75, 3.05) is 27.4 Å². The number of rotatable bonds is 6. The van der Waals surface area contributed by atoms with Gasteiger partial charge in [-0.05, 0) is 24.1 Å². The number of imide groups is 1. The SMILES string of the molecule is COCCCN1C(=O)C(Cl)=C(c2ccc(OC)cc2)C1=O. The van der Waals surface area contributed by atoms with Gasteiger partial charge in [-0.25, -0.2) is 0 Å². The van der Waals surface area contributed by atoms with E-state index in [2.05, 4.69) is 0 Å². The molecular formula is C15H16ClNO4. The van der Waals surface area contributed by atoms with E-state index in [-0.39, 0.29) is 16.5 Å². The predicted molar refractivity (Wildman–Crippen MR) is 79.0 cm³/mol. The summed E-state index contributed by atoms with van der Waals surface area (Å²) in [6.45, 7) is 0.772. The number of nitrogens with zero attached hydrogens (tertiary/aromatic N) is 1. The topological polar surface area (TPSA) is 55.8 Å². The highest BCUT2D eigenvalue weighted by atomic mass is 35.5. The first-order chi connectivity index (χ1) is 10.1. The summed E-state index contributed by atoms with van der Waals surface area (Å²) in [6.07, 6.45) is 0.577. The first kappa shape index (κ1) is 15.5. The van der Waals surface area contributed by atoms with Crippen molar-refractivity contribution in [1.82, 2.24) is 4.90 Å². The first-order valence-corrected chi connectivity index (χ1v) is 6.87. The lowest BCUT2D eigenvalue weighted by Crippen LogP contribution is -2.32. The van der Waals surface area contributed by atoms with E-state index in [0.29, 0.717) is 30.9 Å². The number of methoxy groups -OCH3 is 2. The van der Waals surface area contributed by atoms with Crippen molar-refractivity contribution >= 4 is 29.0 Å². The molecule has 21 heavy (non-hydrogen) atoms. The van der Waals surface area contributed by atoms with Crippen molar-refractivity contribution in [3.05, 3.63) is 34.9 Å². The average Bonchev–Trinajstić information content (AvgIpc) is 2.71. The molecule has 2 amide bonds. The molecule has 1 aliphatic rings. The molecule has 0 aromatic heterocycles. The molecule has 0 fully saturated rings. The molecule has 1 heterocycles. The van der Waals surface area contributed by atoms with E-state index >= 15 is 0 Å². The lowest BCUT2D eigenvalue weighted by Gasteiger charge is -2.14. The number of ether oxygens (including phenoxy) is 2. The molecule has 0 N–H and O–H groups in total. The molecule has 6 heteroatoms. The number of hydrogen-bond acceptors (Lipinski definition) is 4. The van der Waals surface area contributed by atoms with E-state index in [9.17, 15) is 9.59 Å². The van der Waals surface area contributed by atoms with Crippen LogP contribution in [0.1, 0.15) is 12.0 Å². The summed E-state index contributed by atoms with van der Waals surface area (Å²) in [5, 5.41) is -0.0393. The molecule has 0 saturated carbocycles. The number of halogens is 1. The molecule has 112 valence electrons. The molecule has 0 atom stereocenters. The van der Waals surface area contributed by atoms with Gasteiger partial charge in [-0.3, -0.25) is 14.5 Å². The Bertz CT molecular complexity index is 580. The van der Waals surface area contributed by atoms with Crippen LogP contribution in [0.4, 0.5) is 0 Å². The Labute approximate surface area is 128 Å². The van der Waals surface area contributed by atoms with Crippen LogP contribution in [0.25, 0.3) is 5.57 Å². The summed E-state index contributed by atoms with van der Waals surface area (Å²) in [7, 11) is 3.13. The maximum atomic E-state index is 12.4. The van der Waals surface area contributed by atoms with E-state index in [1.54, 1.807) is 38.5 Å². The van der Waals surface area contributed by atoms with E-state index in [0.717, 1.165) is 4.90 Å². The monoisotopic (exact) mass is 309 g/mol. The summed E-state index contributed by atoms with van der Waals surface area (Å²) in [5.74, 6) is -0.154. The third-order valence-corrected chi connectivity index (χ3v) is 3.57. The van der Waals surface area contributed by atoms with Crippen molar-refractivity contribution in [1.29, 1.82) is 0 Å². The molecule has 0 radical (unpaired) electrons. The van der Waals surface area contributed by atoms with Gasteiger partial charge in [0.2, 0.25) is 0 Å². The predicted octanol–water partition coefficient (Wildman–Crippen LogP) is 2.05. The van der Waals surface area contributed by atoms with Gasteiger partial charge >= 0.3 is 0 Å². The van der Waals surface area contributed by atoms with Crippen LogP contribution >= 0.6 is 11.6 Å². The maximum absolute atomic E-state index is 12.4. The molecule has 5 nitrogen and oxygen atoms in total. The van der Waals surface area contributed by atoms with Crippen LogP contribution in [0.3, 0.4) is 0 Å². The molecule has 0 spiro atoms. The molecule has 2 rings (SSSR count). The van der Waals surface area contributed by atoms with Gasteiger partial charge in [0.25, 0.3) is 11.8 Å². The van der Waals surface area contributed by atoms with Crippen molar-refractivity contribution in [2.45, 2.75) is 6.42 Å². The van der Waals surface area contributed by atoms with Gasteiger partial charge in [0.05, 0.1) is 12.7 Å². The van der Waals surface area contributed by atoms with Crippen LogP contribution in [0.5, 0.6) is 5.75 Å². The third-order valence-electron chi connectivity index (χ3n) is 3.22. The normalized spacial score (nSPS) is 15.1. The fraction of sp³-hybridized carbons (Fsp3) is 0.333. The van der Waals surface area contributed by atoms with E-state index < -0.39 is 5.91 Å². The number of benzene rings is 1. The molecule has 0 saturated heterocycles. The maximum Gasteiger partial charge on any atom is 0.273 e. The number of carbonyl (C=O) groups is 2. The highest BCUT2D eigenvalue weighted by Crippen LogP contribution is 2.32. The Kier molecular flexibility index (Phi) is 4.98. The van der Waals surface area contributed by atoms with Crippen LogP contribution < -0.4 is 4.74 Å². The van der Waals surface area contributed by atoms with Gasteiger partial charge in [-0.1, -0.05) is 23.7 Å². The Morgan fingerprint density at radius 2 is 1.76 bits per heavy atom. The Hall–Kier alpha value is -1.85. The van der Waals surface area contributed by atoms with Crippen molar-refractivity contribution in [3.63, 3.8) is 0 Å². The van der Waals surface area contributed by atoms with Gasteiger partial charge in [0.15, 0.2) is 0 Å². The molecular weight excluding hydrogens is 294 g/mol. The molecule has 1 aromatic carbocycles. The molecule has 0 aliphatic carbocycles. The number of hydrogen-bond donors (Lipinski definition) is 0. The van der Waals surface area contributed by atoms with Gasteiger partial charge in [0.1, 0.15) is 10.8 Å². The smallest absolute Gasteiger partial charge is 0.273 e. The van der Waals surface area contributed by atoms with E-state index in [1.807, 2.05) is 0 Å². The molecule has 1 aromatic rings. The van der Waals surface area contributed by atoms with Gasteiger partial charge in [-0.2, -0.15) is 0 Å². The summed E-state index contributed by atoms with van der Waals surface area (Å²) < 4.78 is 9.99. The zero-order chi connectivity index (χ0) is 15.4. The van der Waals surface area contributed by atoms with Crippen LogP contribution in [0, 0.1) is 0 Å². The van der Waals surface area contributed by atoms with Crippen molar-refractivity contribution < 1.29 is 19.1 Å². The summed E-state index contributed by atoms with van der Waals surface area (Å²) >= 11 is 6.04. The van der Waals surface area contributed by atoms with E-state index in [4.69, 9.17) is 21.1 Å². The second-order valence-corrected chi connectivity index (χ2v) is 4.90. The lowest BCUT2D eigenvalue weighted by atomic mass is 10.1. The summed E-state index contributed by atoms with van der Waals surface area (Å²) in [6, 6.07) is 6.86. The minimum absolute atomic E-state index is 0.0393. The Morgan fingerprint density at radius 3 is 2.33 bits per heavy atom. The fourth-order valence-corrected chi connectivity index (χ4v) is 2.42. The Morgan fingerprint density at radius 1 is 1.10 bits per heavy atom. The summed E-state index contributed by atoms with van der Waals surface area (Å²) in [5.41, 5.74) is 0.843. The molecule has 1 aliphatic heterocycles. The standard InChI is InChI=1S/C15H16ClNO4/c1-20-9-3-8-17-14(18)12(13(16)15(17)19)10-4-6-11(21-2)7-5-10/h4-7H,3,8-9H2,1-2H3. The zero-order valence-corrected chi connectivity index (χ0v) is 12.6. The largest absolute Gasteiger partial charge is 0.497 e. The van der Waals surface area contributed by atoms with Crippen LogP contribution in [0.15, 0.2) is 29.3 Å². The third kappa shape index (κ3) is 3.09. The van der Waals surface area contributed by atoms with Gasteiger partial charge < -0.3 is 9.47 Å².